The first-order valence-electron chi connectivity index (χ1n) is 5.26. The Morgan fingerprint density at radius 3 is 2.65 bits per heavy atom. The molecule has 0 aliphatic rings. The van der Waals surface area contributed by atoms with Crippen molar-refractivity contribution in [2.24, 2.45) is 0 Å². The van der Waals surface area contributed by atoms with E-state index >= 15 is 0 Å². The van der Waals surface area contributed by atoms with E-state index in [1.807, 2.05) is 26.0 Å². The van der Waals surface area contributed by atoms with Crippen LogP contribution in [-0.2, 0) is 6.42 Å². The van der Waals surface area contributed by atoms with Crippen molar-refractivity contribution >= 4 is 27.5 Å². The third-order valence-electron chi connectivity index (χ3n) is 2.48. The number of rotatable bonds is 2. The summed E-state index contributed by atoms with van der Waals surface area (Å²) in [6.07, 6.45) is 2.55. The molecule has 0 radical (unpaired) electrons. The number of aromatic nitrogens is 3. The molecule has 0 saturated heterocycles. The van der Waals surface area contributed by atoms with E-state index in [1.54, 1.807) is 6.20 Å². The molecule has 0 aliphatic carbocycles. The smallest absolute Gasteiger partial charge is 0.179 e. The Morgan fingerprint density at radius 1 is 1.29 bits per heavy atom. The summed E-state index contributed by atoms with van der Waals surface area (Å²) < 4.78 is 0.926. The van der Waals surface area contributed by atoms with E-state index in [2.05, 4.69) is 30.9 Å². The quantitative estimate of drug-likeness (QED) is 0.791. The minimum atomic E-state index is 0.497. The van der Waals surface area contributed by atoms with Crippen LogP contribution >= 0.6 is 27.5 Å². The Morgan fingerprint density at radius 2 is 2.06 bits per heavy atom. The SMILES string of the molecule is CCc1nc(-c2ccc(Br)cn2)nc(Cl)c1C. The Labute approximate surface area is 113 Å². The van der Waals surface area contributed by atoms with Gasteiger partial charge in [-0.05, 0) is 41.4 Å². The first-order valence-corrected chi connectivity index (χ1v) is 6.44. The molecule has 0 aliphatic heterocycles. The molecule has 0 aromatic carbocycles. The zero-order valence-corrected chi connectivity index (χ0v) is 11.9. The molecule has 88 valence electrons. The van der Waals surface area contributed by atoms with Crippen molar-refractivity contribution in [3.8, 4) is 11.5 Å². The van der Waals surface area contributed by atoms with Crippen molar-refractivity contribution < 1.29 is 0 Å². The van der Waals surface area contributed by atoms with Crippen molar-refractivity contribution in [3.63, 3.8) is 0 Å². The Kier molecular flexibility index (Phi) is 3.74. The molecule has 2 rings (SSSR count). The maximum absolute atomic E-state index is 6.09. The molecule has 17 heavy (non-hydrogen) atoms. The maximum Gasteiger partial charge on any atom is 0.179 e. The predicted molar refractivity (Wildman–Crippen MR) is 72.1 cm³/mol. The van der Waals surface area contributed by atoms with E-state index < -0.39 is 0 Å². The van der Waals surface area contributed by atoms with E-state index in [0.29, 0.717) is 11.0 Å². The first-order chi connectivity index (χ1) is 8.11. The monoisotopic (exact) mass is 311 g/mol. The van der Waals surface area contributed by atoms with Crippen LogP contribution < -0.4 is 0 Å². The van der Waals surface area contributed by atoms with Crippen molar-refractivity contribution in [2.45, 2.75) is 20.3 Å². The third kappa shape index (κ3) is 2.64. The number of pyridine rings is 1. The molecule has 2 aromatic rings. The maximum atomic E-state index is 6.09. The van der Waals surface area contributed by atoms with Gasteiger partial charge in [0.25, 0.3) is 0 Å². The van der Waals surface area contributed by atoms with Gasteiger partial charge in [0.1, 0.15) is 10.8 Å². The molecule has 5 heteroatoms. The Bertz CT molecular complexity index is 540. The second-order valence-electron chi connectivity index (χ2n) is 3.62. The van der Waals surface area contributed by atoms with Gasteiger partial charge in [-0.15, -0.1) is 0 Å². The lowest BCUT2D eigenvalue weighted by Crippen LogP contribution is -2.00. The summed E-state index contributed by atoms with van der Waals surface area (Å²) in [5, 5.41) is 0.497. The number of hydrogen-bond acceptors (Lipinski definition) is 3. The molecule has 0 spiro atoms. The lowest BCUT2D eigenvalue weighted by Gasteiger charge is -2.07. The minimum Gasteiger partial charge on any atom is -0.252 e. The zero-order valence-electron chi connectivity index (χ0n) is 9.54. The van der Waals surface area contributed by atoms with Gasteiger partial charge in [0.15, 0.2) is 5.82 Å². The van der Waals surface area contributed by atoms with Crippen LogP contribution in [-0.4, -0.2) is 15.0 Å². The number of halogens is 2. The van der Waals surface area contributed by atoms with Crippen LogP contribution in [0.1, 0.15) is 18.2 Å². The minimum absolute atomic E-state index is 0.497. The molecule has 3 nitrogen and oxygen atoms in total. The fraction of sp³-hybridized carbons (Fsp3) is 0.250. The van der Waals surface area contributed by atoms with Crippen LogP contribution in [0.25, 0.3) is 11.5 Å². The molecule has 0 bridgehead atoms. The van der Waals surface area contributed by atoms with Crippen LogP contribution in [0, 0.1) is 6.92 Å². The highest BCUT2D eigenvalue weighted by Gasteiger charge is 2.10. The fourth-order valence-electron chi connectivity index (χ4n) is 1.50. The molecule has 0 amide bonds. The lowest BCUT2D eigenvalue weighted by atomic mass is 10.2. The van der Waals surface area contributed by atoms with Crippen LogP contribution in [0.5, 0.6) is 0 Å². The summed E-state index contributed by atoms with van der Waals surface area (Å²) in [5.41, 5.74) is 2.63. The summed E-state index contributed by atoms with van der Waals surface area (Å²) >= 11 is 9.43. The number of hydrogen-bond donors (Lipinski definition) is 0. The van der Waals surface area contributed by atoms with Crippen molar-refractivity contribution in [1.82, 2.24) is 15.0 Å². The standard InChI is InChI=1S/C12H11BrClN3/c1-3-9-7(2)11(14)17-12(16-9)10-5-4-8(13)6-15-10/h4-6H,3H2,1-2H3. The molecule has 2 heterocycles. The molecule has 0 N–H and O–H groups in total. The van der Waals surface area contributed by atoms with Gasteiger partial charge in [0.2, 0.25) is 0 Å². The number of nitrogens with zero attached hydrogens (tertiary/aromatic N) is 3. The van der Waals surface area contributed by atoms with Gasteiger partial charge >= 0.3 is 0 Å². The Hall–Kier alpha value is -1.00. The highest BCUT2D eigenvalue weighted by Crippen LogP contribution is 2.21. The lowest BCUT2D eigenvalue weighted by molar-refractivity contribution is 0.970. The fourth-order valence-corrected chi connectivity index (χ4v) is 1.92. The summed E-state index contributed by atoms with van der Waals surface area (Å²) in [6.45, 7) is 3.98. The van der Waals surface area contributed by atoms with E-state index in [1.165, 1.54) is 0 Å². The van der Waals surface area contributed by atoms with Gasteiger partial charge in [-0.3, -0.25) is 4.98 Å². The third-order valence-corrected chi connectivity index (χ3v) is 3.32. The molecule has 0 fully saturated rings. The largest absolute Gasteiger partial charge is 0.252 e. The molecular weight excluding hydrogens is 302 g/mol. The van der Waals surface area contributed by atoms with Gasteiger partial charge in [0.05, 0.1) is 0 Å². The molecule has 0 saturated carbocycles. The van der Waals surface area contributed by atoms with Crippen LogP contribution in [0.4, 0.5) is 0 Å². The van der Waals surface area contributed by atoms with E-state index in [9.17, 15) is 0 Å². The predicted octanol–water partition coefficient (Wildman–Crippen LogP) is 3.83. The highest BCUT2D eigenvalue weighted by molar-refractivity contribution is 9.10. The normalized spacial score (nSPS) is 10.6. The summed E-state index contributed by atoms with van der Waals surface area (Å²) in [7, 11) is 0. The molecule has 0 atom stereocenters. The highest BCUT2D eigenvalue weighted by atomic mass is 79.9. The van der Waals surface area contributed by atoms with Gasteiger partial charge in [0, 0.05) is 21.9 Å². The van der Waals surface area contributed by atoms with E-state index in [-0.39, 0.29) is 0 Å². The molecular formula is C12H11BrClN3. The van der Waals surface area contributed by atoms with Crippen LogP contribution in [0.15, 0.2) is 22.8 Å². The van der Waals surface area contributed by atoms with E-state index in [4.69, 9.17) is 11.6 Å². The van der Waals surface area contributed by atoms with Gasteiger partial charge in [-0.25, -0.2) is 9.97 Å². The second kappa shape index (κ2) is 5.10. The van der Waals surface area contributed by atoms with Crippen molar-refractivity contribution in [1.29, 1.82) is 0 Å². The van der Waals surface area contributed by atoms with Gasteiger partial charge in [-0.1, -0.05) is 18.5 Å². The first kappa shape index (κ1) is 12.5. The zero-order chi connectivity index (χ0) is 12.4. The second-order valence-corrected chi connectivity index (χ2v) is 4.90. The molecule has 0 unspecified atom stereocenters. The summed E-state index contributed by atoms with van der Waals surface area (Å²) in [6, 6.07) is 3.77. The average Bonchev–Trinajstić information content (AvgIpc) is 2.33. The van der Waals surface area contributed by atoms with Crippen LogP contribution in [0.2, 0.25) is 5.15 Å². The topological polar surface area (TPSA) is 38.7 Å². The average molecular weight is 313 g/mol. The van der Waals surface area contributed by atoms with Crippen molar-refractivity contribution in [2.75, 3.05) is 0 Å². The van der Waals surface area contributed by atoms with E-state index in [0.717, 1.165) is 27.8 Å². The van der Waals surface area contributed by atoms with Crippen LogP contribution in [0.3, 0.4) is 0 Å². The summed E-state index contributed by atoms with van der Waals surface area (Å²) in [5.74, 6) is 0.574. The van der Waals surface area contributed by atoms with Crippen molar-refractivity contribution in [3.05, 3.63) is 39.2 Å². The molecule has 2 aromatic heterocycles. The van der Waals surface area contributed by atoms with Gasteiger partial charge < -0.3 is 0 Å². The summed E-state index contributed by atoms with van der Waals surface area (Å²) in [4.78, 5) is 13.0. The number of aryl methyl sites for hydroxylation is 1. The van der Waals surface area contributed by atoms with Gasteiger partial charge in [-0.2, -0.15) is 0 Å². The Balaban J connectivity index is 2.52.